The number of nitro benzene ring substituents is 1. The number of ketones is 1. The summed E-state index contributed by atoms with van der Waals surface area (Å²) in [4.78, 5) is 36.3. The summed E-state index contributed by atoms with van der Waals surface area (Å²) in [6, 6.07) is 16.7. The number of nitrogens with zero attached hydrogens (tertiary/aromatic N) is 3. The van der Waals surface area contributed by atoms with Crippen LogP contribution in [-0.4, -0.2) is 33.4 Å². The molecule has 0 atom stereocenters. The zero-order chi connectivity index (χ0) is 24.2. The topological polar surface area (TPSA) is 135 Å². The number of methoxy groups -OCH3 is 1. The van der Waals surface area contributed by atoms with Crippen molar-refractivity contribution >= 4 is 44.8 Å². The van der Waals surface area contributed by atoms with Gasteiger partial charge in [0.05, 0.1) is 22.7 Å². The molecule has 0 fully saturated rings. The number of rotatable bonds is 8. The maximum atomic E-state index is 13.5. The van der Waals surface area contributed by atoms with Gasteiger partial charge in [-0.2, -0.15) is 0 Å². The van der Waals surface area contributed by atoms with Crippen LogP contribution in [-0.2, 0) is 11.2 Å². The molecule has 0 aliphatic rings. The smallest absolute Gasteiger partial charge is 0.545 e. The number of hydrogen-bond donors (Lipinski definition) is 0. The van der Waals surface area contributed by atoms with E-state index in [-0.39, 0.29) is 63.9 Å². The Balaban J connectivity index is 0.00000342. The Bertz CT molecular complexity index is 1430. The van der Waals surface area contributed by atoms with Crippen molar-refractivity contribution in [1.29, 1.82) is 0 Å². The maximum Gasteiger partial charge on any atom is 1.00 e. The summed E-state index contributed by atoms with van der Waals surface area (Å²) < 4.78 is 9.75. The van der Waals surface area contributed by atoms with Crippen LogP contribution in [0, 0.1) is 10.1 Å². The summed E-state index contributed by atoms with van der Waals surface area (Å²) >= 11 is 1.16. The molecule has 9 nitrogen and oxygen atoms in total. The molecule has 0 spiro atoms. The van der Waals surface area contributed by atoms with Gasteiger partial charge in [0.15, 0.2) is 5.78 Å². The number of ether oxygens (including phenoxy) is 1. The van der Waals surface area contributed by atoms with Crippen molar-refractivity contribution in [3.05, 3.63) is 99.1 Å². The number of fused-ring (bicyclic) bond motifs is 1. The third-order valence-corrected chi connectivity index (χ3v) is 5.90. The van der Waals surface area contributed by atoms with Crippen LogP contribution in [0.1, 0.15) is 21.5 Å². The molecule has 0 aliphatic heterocycles. The monoisotopic (exact) mass is 497 g/mol. The Kier molecular flexibility index (Phi) is 8.47. The minimum absolute atomic E-state index is 0. The zero-order valence-electron chi connectivity index (χ0n) is 18.8. The molecular weight excluding hydrogens is 481 g/mol. The third-order valence-electron chi connectivity index (χ3n) is 5.20. The second-order valence-corrected chi connectivity index (χ2v) is 8.04. The van der Waals surface area contributed by atoms with E-state index >= 15 is 0 Å². The van der Waals surface area contributed by atoms with Gasteiger partial charge in [-0.15, -0.1) is 5.10 Å². The quantitative estimate of drug-likeness (QED) is 0.111. The molecule has 0 aliphatic carbocycles. The van der Waals surface area contributed by atoms with Gasteiger partial charge in [0, 0.05) is 35.3 Å². The fraction of sp³-hybridized carbons (Fsp3) is 0.0833. The fourth-order valence-corrected chi connectivity index (χ4v) is 4.03. The van der Waals surface area contributed by atoms with Crippen LogP contribution < -0.4 is 39.4 Å². The molecule has 0 radical (unpaired) electrons. The van der Waals surface area contributed by atoms with E-state index in [0.717, 1.165) is 16.2 Å². The van der Waals surface area contributed by atoms with E-state index < -0.39 is 16.7 Å². The molecule has 0 unspecified atom stereocenters. The SMILES string of the molecule is COc1ccc(C(=O)C(Cc2ccc([N+](=O)[O-])cc2)=C(C(=O)[O-])c2ccc3snnc3c2)cc1.[Na+]. The standard InChI is InChI=1S/C24H17N3O6S.Na/c1-33-18-9-4-15(5-10-18)23(28)19(12-14-2-7-17(8-3-14)27(31)32)22(24(29)30)16-6-11-21-20(13-16)25-26-34-21;/h2-11,13H,12H2,1H3,(H,29,30);/q;+1/p-1. The minimum Gasteiger partial charge on any atom is -0.545 e. The van der Waals surface area contributed by atoms with E-state index in [1.54, 1.807) is 30.3 Å². The van der Waals surface area contributed by atoms with Gasteiger partial charge in [-0.3, -0.25) is 14.9 Å². The molecule has 4 aromatic rings. The Morgan fingerprint density at radius 2 is 1.66 bits per heavy atom. The predicted molar refractivity (Wildman–Crippen MR) is 123 cm³/mol. The molecule has 1 heterocycles. The summed E-state index contributed by atoms with van der Waals surface area (Å²) in [7, 11) is 1.49. The van der Waals surface area contributed by atoms with Gasteiger partial charge in [0.25, 0.3) is 5.69 Å². The van der Waals surface area contributed by atoms with Gasteiger partial charge >= 0.3 is 29.6 Å². The predicted octanol–water partition coefficient (Wildman–Crippen LogP) is 0.241. The number of benzene rings is 3. The van der Waals surface area contributed by atoms with Gasteiger partial charge in [-0.1, -0.05) is 22.7 Å². The van der Waals surface area contributed by atoms with Crippen LogP contribution in [0.25, 0.3) is 15.8 Å². The number of aliphatic carboxylic acids is 1. The van der Waals surface area contributed by atoms with Gasteiger partial charge in [0.2, 0.25) is 0 Å². The van der Waals surface area contributed by atoms with Crippen molar-refractivity contribution in [2.75, 3.05) is 7.11 Å². The number of nitro groups is 1. The van der Waals surface area contributed by atoms with Gasteiger partial charge < -0.3 is 14.6 Å². The Hall–Kier alpha value is -3.44. The van der Waals surface area contributed by atoms with Crippen LogP contribution >= 0.6 is 11.5 Å². The molecule has 0 saturated carbocycles. The van der Waals surface area contributed by atoms with Crippen molar-refractivity contribution in [3.63, 3.8) is 0 Å². The van der Waals surface area contributed by atoms with E-state index in [1.165, 1.54) is 43.5 Å². The Labute approximate surface area is 225 Å². The molecule has 0 saturated heterocycles. The molecule has 4 rings (SSSR count). The van der Waals surface area contributed by atoms with Gasteiger partial charge in [-0.25, -0.2) is 0 Å². The van der Waals surface area contributed by atoms with Crippen molar-refractivity contribution in [1.82, 2.24) is 9.59 Å². The number of non-ortho nitro benzene ring substituents is 1. The summed E-state index contributed by atoms with van der Waals surface area (Å²) in [6.07, 6.45) is -0.0838. The average Bonchev–Trinajstić information content (AvgIpc) is 3.31. The second kappa shape index (κ2) is 11.3. The number of Topliss-reactive ketones (excluding diaryl/α,β-unsaturated/α-hetero) is 1. The minimum atomic E-state index is -1.53. The number of carboxylic acids is 1. The first-order chi connectivity index (χ1) is 16.4. The first kappa shape index (κ1) is 26.2. The van der Waals surface area contributed by atoms with Gasteiger partial charge in [0.1, 0.15) is 11.3 Å². The van der Waals surface area contributed by atoms with Crippen LogP contribution in [0.3, 0.4) is 0 Å². The number of carboxylic acid groups (broad SMARTS) is 1. The molecule has 0 bridgehead atoms. The van der Waals surface area contributed by atoms with Crippen molar-refractivity contribution in [2.45, 2.75) is 6.42 Å². The summed E-state index contributed by atoms with van der Waals surface area (Å²) in [6.45, 7) is 0. The Morgan fingerprint density at radius 1 is 1.00 bits per heavy atom. The van der Waals surface area contributed by atoms with Crippen molar-refractivity contribution in [3.8, 4) is 5.75 Å². The molecule has 0 N–H and O–H groups in total. The van der Waals surface area contributed by atoms with E-state index in [1.807, 2.05) is 0 Å². The number of aromatic nitrogens is 2. The molecule has 3 aromatic carbocycles. The second-order valence-electron chi connectivity index (χ2n) is 7.25. The number of hydrogen-bond acceptors (Lipinski definition) is 9. The third kappa shape index (κ3) is 5.80. The Morgan fingerprint density at radius 3 is 2.26 bits per heavy atom. The van der Waals surface area contributed by atoms with Crippen LogP contribution in [0.5, 0.6) is 5.75 Å². The molecule has 170 valence electrons. The van der Waals surface area contributed by atoms with Crippen LogP contribution in [0.4, 0.5) is 5.69 Å². The number of carbonyl (C=O) groups excluding carboxylic acids is 2. The van der Waals surface area contributed by atoms with Crippen molar-refractivity contribution < 1.29 is 53.9 Å². The summed E-state index contributed by atoms with van der Waals surface area (Å²) in [5.41, 5.74) is 1.10. The van der Waals surface area contributed by atoms with E-state index in [2.05, 4.69) is 9.59 Å². The summed E-state index contributed by atoms with van der Waals surface area (Å²) in [5, 5.41) is 27.3. The van der Waals surface area contributed by atoms with Crippen LogP contribution in [0.2, 0.25) is 0 Å². The zero-order valence-corrected chi connectivity index (χ0v) is 21.6. The molecular formula is C24H16N3NaO6S. The molecule has 35 heavy (non-hydrogen) atoms. The first-order valence-corrected chi connectivity index (χ1v) is 10.7. The summed E-state index contributed by atoms with van der Waals surface area (Å²) in [5.74, 6) is -1.50. The molecule has 11 heteroatoms. The molecule has 0 amide bonds. The first-order valence-electron chi connectivity index (χ1n) is 9.96. The van der Waals surface area contributed by atoms with E-state index in [0.29, 0.717) is 16.8 Å². The fourth-order valence-electron chi connectivity index (χ4n) is 3.49. The van der Waals surface area contributed by atoms with Crippen LogP contribution in [0.15, 0.2) is 72.3 Å². The average molecular weight is 497 g/mol. The largest absolute Gasteiger partial charge is 1.00 e. The van der Waals surface area contributed by atoms with Gasteiger partial charge in [-0.05, 0) is 59.1 Å². The number of allylic oxidation sites excluding steroid dienone is 1. The number of carbonyl (C=O) groups is 2. The van der Waals surface area contributed by atoms with E-state index in [9.17, 15) is 24.8 Å². The normalized spacial score (nSPS) is 11.3. The van der Waals surface area contributed by atoms with E-state index in [4.69, 9.17) is 4.74 Å². The molecule has 1 aromatic heterocycles. The maximum absolute atomic E-state index is 13.5. The van der Waals surface area contributed by atoms with Crippen molar-refractivity contribution in [2.24, 2.45) is 0 Å².